The predicted molar refractivity (Wildman–Crippen MR) is 107 cm³/mol. The molecule has 2 atom stereocenters. The van der Waals surface area contributed by atoms with E-state index in [0.717, 1.165) is 25.1 Å². The SMILES string of the molecule is C[C@@H](OC(=O)c1ccc2c(c1)NC(=O)[C@H]1CCCN21)C(=O)NC(=O)NC(C)(C)C. The van der Waals surface area contributed by atoms with E-state index in [4.69, 9.17) is 4.74 Å². The molecule has 0 saturated carbocycles. The topological polar surface area (TPSA) is 117 Å². The van der Waals surface area contributed by atoms with Crippen molar-refractivity contribution < 1.29 is 23.9 Å². The van der Waals surface area contributed by atoms with E-state index in [1.165, 1.54) is 6.92 Å². The molecule has 3 rings (SSSR count). The second-order valence-electron chi connectivity index (χ2n) is 8.31. The van der Waals surface area contributed by atoms with E-state index in [-0.39, 0.29) is 17.5 Å². The van der Waals surface area contributed by atoms with E-state index in [2.05, 4.69) is 16.0 Å². The number of carbonyl (C=O) groups excluding carboxylic acids is 4. The van der Waals surface area contributed by atoms with Gasteiger partial charge in [-0.3, -0.25) is 14.9 Å². The monoisotopic (exact) mass is 402 g/mol. The Bertz CT molecular complexity index is 861. The van der Waals surface area contributed by atoms with Crippen molar-refractivity contribution in [1.82, 2.24) is 10.6 Å². The number of esters is 1. The Morgan fingerprint density at radius 1 is 1.28 bits per heavy atom. The number of hydrogen-bond donors (Lipinski definition) is 3. The maximum Gasteiger partial charge on any atom is 0.338 e. The van der Waals surface area contributed by atoms with E-state index in [9.17, 15) is 19.2 Å². The molecule has 0 unspecified atom stereocenters. The van der Waals surface area contributed by atoms with Crippen molar-refractivity contribution in [1.29, 1.82) is 0 Å². The predicted octanol–water partition coefficient (Wildman–Crippen LogP) is 1.78. The third-order valence-corrected chi connectivity index (χ3v) is 4.73. The number of hydrogen-bond acceptors (Lipinski definition) is 6. The fraction of sp³-hybridized carbons (Fsp3) is 0.500. The zero-order valence-corrected chi connectivity index (χ0v) is 17.0. The van der Waals surface area contributed by atoms with Crippen molar-refractivity contribution in [3.05, 3.63) is 23.8 Å². The van der Waals surface area contributed by atoms with Gasteiger partial charge in [-0.1, -0.05) is 0 Å². The number of ether oxygens (including phenoxy) is 1. The van der Waals surface area contributed by atoms with Crippen LogP contribution in [0.2, 0.25) is 0 Å². The lowest BCUT2D eigenvalue weighted by molar-refractivity contribution is -0.128. The van der Waals surface area contributed by atoms with Crippen LogP contribution in [0.3, 0.4) is 0 Å². The van der Waals surface area contributed by atoms with Crippen molar-refractivity contribution in [2.24, 2.45) is 0 Å². The van der Waals surface area contributed by atoms with Crippen LogP contribution in [-0.2, 0) is 14.3 Å². The molecule has 1 fully saturated rings. The first-order valence-electron chi connectivity index (χ1n) is 9.61. The molecule has 3 N–H and O–H groups in total. The average Bonchev–Trinajstić information content (AvgIpc) is 3.10. The Labute approximate surface area is 169 Å². The summed E-state index contributed by atoms with van der Waals surface area (Å²) in [6.45, 7) is 7.51. The smallest absolute Gasteiger partial charge is 0.338 e. The molecule has 29 heavy (non-hydrogen) atoms. The lowest BCUT2D eigenvalue weighted by atomic mass is 10.1. The quantitative estimate of drug-likeness (QED) is 0.664. The maximum absolute atomic E-state index is 12.4. The van der Waals surface area contributed by atoms with Crippen LogP contribution in [0.5, 0.6) is 0 Å². The molecule has 2 heterocycles. The Kier molecular flexibility index (Phi) is 5.50. The minimum Gasteiger partial charge on any atom is -0.449 e. The lowest BCUT2D eigenvalue weighted by Gasteiger charge is -2.33. The molecule has 4 amide bonds. The van der Waals surface area contributed by atoms with Gasteiger partial charge in [-0.2, -0.15) is 0 Å². The summed E-state index contributed by atoms with van der Waals surface area (Å²) in [6.07, 6.45) is 0.586. The summed E-state index contributed by atoms with van der Waals surface area (Å²) in [6, 6.07) is 4.09. The second-order valence-corrected chi connectivity index (χ2v) is 8.31. The molecule has 1 aromatic rings. The molecule has 0 bridgehead atoms. The van der Waals surface area contributed by atoms with E-state index in [1.54, 1.807) is 39.0 Å². The van der Waals surface area contributed by atoms with Gasteiger partial charge >= 0.3 is 12.0 Å². The van der Waals surface area contributed by atoms with Crippen LogP contribution >= 0.6 is 0 Å². The number of urea groups is 1. The molecule has 9 heteroatoms. The maximum atomic E-state index is 12.4. The summed E-state index contributed by atoms with van der Waals surface area (Å²) >= 11 is 0. The molecule has 1 aromatic carbocycles. The van der Waals surface area contributed by atoms with Crippen LogP contribution in [0.1, 0.15) is 50.9 Å². The molecule has 9 nitrogen and oxygen atoms in total. The van der Waals surface area contributed by atoms with Crippen LogP contribution in [0.4, 0.5) is 16.2 Å². The van der Waals surface area contributed by atoms with Crippen molar-refractivity contribution in [2.75, 3.05) is 16.8 Å². The van der Waals surface area contributed by atoms with Gasteiger partial charge in [-0.25, -0.2) is 9.59 Å². The average molecular weight is 402 g/mol. The van der Waals surface area contributed by atoms with Crippen molar-refractivity contribution >= 4 is 35.2 Å². The van der Waals surface area contributed by atoms with Gasteiger partial charge in [0.15, 0.2) is 6.10 Å². The first kappa shape index (κ1) is 20.6. The largest absolute Gasteiger partial charge is 0.449 e. The molecule has 156 valence electrons. The summed E-state index contributed by atoms with van der Waals surface area (Å²) < 4.78 is 5.18. The molecule has 0 aromatic heterocycles. The highest BCUT2D eigenvalue weighted by Crippen LogP contribution is 2.37. The number of carbonyl (C=O) groups is 4. The highest BCUT2D eigenvalue weighted by molar-refractivity contribution is 6.06. The zero-order chi connectivity index (χ0) is 21.3. The third-order valence-electron chi connectivity index (χ3n) is 4.73. The number of nitrogens with one attached hydrogen (secondary N) is 3. The van der Waals surface area contributed by atoms with E-state index < -0.39 is 29.6 Å². The van der Waals surface area contributed by atoms with Gasteiger partial charge in [0.05, 0.1) is 16.9 Å². The first-order valence-corrected chi connectivity index (χ1v) is 9.61. The second kappa shape index (κ2) is 7.73. The highest BCUT2D eigenvalue weighted by Gasteiger charge is 2.36. The van der Waals surface area contributed by atoms with Gasteiger partial charge in [-0.05, 0) is 58.7 Å². The Morgan fingerprint density at radius 2 is 2.00 bits per heavy atom. The summed E-state index contributed by atoms with van der Waals surface area (Å²) in [4.78, 5) is 50.6. The molecular weight excluding hydrogens is 376 g/mol. The third kappa shape index (κ3) is 4.67. The van der Waals surface area contributed by atoms with Crippen molar-refractivity contribution in [3.63, 3.8) is 0 Å². The number of rotatable bonds is 3. The number of anilines is 2. The van der Waals surface area contributed by atoms with Crippen LogP contribution in [0, 0.1) is 0 Å². The number of imide groups is 1. The van der Waals surface area contributed by atoms with E-state index >= 15 is 0 Å². The standard InChI is InChI=1S/C20H26N4O5/c1-11(16(25)22-19(28)23-20(2,3)4)29-18(27)12-7-8-14-13(10-12)21-17(26)15-6-5-9-24(14)15/h7-8,10-11,15H,5-6,9H2,1-4H3,(H,21,26)(H2,22,23,25,28)/t11-,15-/m1/s1. The molecule has 0 aliphatic carbocycles. The molecular formula is C20H26N4O5. The molecule has 1 saturated heterocycles. The van der Waals surface area contributed by atoms with Gasteiger partial charge in [0.1, 0.15) is 6.04 Å². The van der Waals surface area contributed by atoms with Crippen molar-refractivity contribution in [2.45, 2.75) is 58.2 Å². The minimum absolute atomic E-state index is 0.0851. The number of amides is 4. The fourth-order valence-electron chi connectivity index (χ4n) is 3.42. The Morgan fingerprint density at radius 3 is 2.69 bits per heavy atom. The molecule has 2 aliphatic rings. The number of benzene rings is 1. The van der Waals surface area contributed by atoms with Gasteiger partial charge in [0, 0.05) is 12.1 Å². The molecule has 2 aliphatic heterocycles. The Hall–Kier alpha value is -3.10. The van der Waals surface area contributed by atoms with Gasteiger partial charge in [-0.15, -0.1) is 0 Å². The molecule has 0 radical (unpaired) electrons. The first-order chi connectivity index (χ1) is 13.5. The summed E-state index contributed by atoms with van der Waals surface area (Å²) in [5, 5.41) is 7.56. The van der Waals surface area contributed by atoms with Crippen LogP contribution < -0.4 is 20.9 Å². The summed E-state index contributed by atoms with van der Waals surface area (Å²) in [7, 11) is 0. The number of nitrogens with zero attached hydrogens (tertiary/aromatic N) is 1. The minimum atomic E-state index is -1.16. The van der Waals surface area contributed by atoms with E-state index in [0.29, 0.717) is 5.69 Å². The van der Waals surface area contributed by atoms with Crippen LogP contribution in [-0.4, -0.2) is 48.0 Å². The highest BCUT2D eigenvalue weighted by atomic mass is 16.5. The van der Waals surface area contributed by atoms with E-state index in [1.807, 2.05) is 4.90 Å². The van der Waals surface area contributed by atoms with Crippen LogP contribution in [0.25, 0.3) is 0 Å². The lowest BCUT2D eigenvalue weighted by Crippen LogP contribution is -2.50. The summed E-state index contributed by atoms with van der Waals surface area (Å²) in [5.41, 5.74) is 1.12. The fourth-order valence-corrected chi connectivity index (χ4v) is 3.42. The van der Waals surface area contributed by atoms with Gasteiger partial charge in [0.25, 0.3) is 5.91 Å². The summed E-state index contributed by atoms with van der Waals surface area (Å²) in [5.74, 6) is -1.53. The normalized spacial score (nSPS) is 18.8. The molecule has 0 spiro atoms. The van der Waals surface area contributed by atoms with Crippen molar-refractivity contribution in [3.8, 4) is 0 Å². The van der Waals surface area contributed by atoms with Gasteiger partial charge in [0.2, 0.25) is 5.91 Å². The van der Waals surface area contributed by atoms with Gasteiger partial charge < -0.3 is 20.3 Å². The Balaban J connectivity index is 1.64. The zero-order valence-electron chi connectivity index (χ0n) is 17.0. The number of fused-ring (bicyclic) bond motifs is 3. The van der Waals surface area contributed by atoms with Crippen LogP contribution in [0.15, 0.2) is 18.2 Å².